The van der Waals surface area contributed by atoms with E-state index in [1.54, 1.807) is 18.6 Å². The third kappa shape index (κ3) is 6.37. The van der Waals surface area contributed by atoms with Crippen molar-refractivity contribution in [3.63, 3.8) is 0 Å². The van der Waals surface area contributed by atoms with E-state index in [4.69, 9.17) is 10.5 Å². The lowest BCUT2D eigenvalue weighted by molar-refractivity contribution is -0.125. The lowest BCUT2D eigenvalue weighted by atomic mass is 9.83. The Balaban J connectivity index is 1.81. The van der Waals surface area contributed by atoms with E-state index in [2.05, 4.69) is 22.2 Å². The maximum Gasteiger partial charge on any atom is 0.242 e. The molecule has 0 saturated carbocycles. The second-order valence-corrected chi connectivity index (χ2v) is 7.89. The molecule has 0 fully saturated rings. The van der Waals surface area contributed by atoms with Crippen molar-refractivity contribution in [1.29, 1.82) is 0 Å². The Bertz CT molecular complexity index is 949. The summed E-state index contributed by atoms with van der Waals surface area (Å²) in [6.45, 7) is 3.42. The van der Waals surface area contributed by atoms with E-state index in [9.17, 15) is 4.79 Å². The third-order valence-electron chi connectivity index (χ3n) is 5.64. The molecule has 3 rings (SSSR count). The van der Waals surface area contributed by atoms with Gasteiger partial charge in [-0.1, -0.05) is 31.5 Å². The summed E-state index contributed by atoms with van der Waals surface area (Å²) in [6, 6.07) is 15.6. The first-order chi connectivity index (χ1) is 15.6. The van der Waals surface area contributed by atoms with Crippen LogP contribution in [-0.4, -0.2) is 29.0 Å². The van der Waals surface area contributed by atoms with Crippen LogP contribution in [0, 0.1) is 0 Å². The summed E-state index contributed by atoms with van der Waals surface area (Å²) in [6.07, 6.45) is 11.2. The van der Waals surface area contributed by atoms with Gasteiger partial charge < -0.3 is 10.5 Å². The molecular formula is C26H32N4O2. The molecule has 6 nitrogen and oxygen atoms in total. The summed E-state index contributed by atoms with van der Waals surface area (Å²) >= 11 is 0. The number of carbonyl (C=O) groups is 1. The van der Waals surface area contributed by atoms with Crippen LogP contribution in [-0.2, 0) is 23.2 Å². The van der Waals surface area contributed by atoms with Crippen molar-refractivity contribution in [1.82, 2.24) is 15.3 Å². The van der Waals surface area contributed by atoms with Gasteiger partial charge in [-0.2, -0.15) is 0 Å². The molecule has 0 radical (unpaired) electrons. The number of ether oxygens (including phenoxy) is 1. The number of aromatic nitrogens is 2. The Morgan fingerprint density at radius 2 is 1.78 bits per heavy atom. The lowest BCUT2D eigenvalue weighted by Crippen LogP contribution is -2.53. The number of carbonyl (C=O) groups excluding carboxylic acids is 1. The average molecular weight is 433 g/mol. The molecule has 2 aromatic heterocycles. The van der Waals surface area contributed by atoms with E-state index < -0.39 is 11.4 Å². The van der Waals surface area contributed by atoms with Crippen LogP contribution in [0.5, 0.6) is 5.75 Å². The minimum Gasteiger partial charge on any atom is -0.494 e. The maximum atomic E-state index is 12.9. The van der Waals surface area contributed by atoms with E-state index in [-0.39, 0.29) is 0 Å². The summed E-state index contributed by atoms with van der Waals surface area (Å²) in [7, 11) is 0. The fourth-order valence-corrected chi connectivity index (χ4v) is 3.70. The van der Waals surface area contributed by atoms with Gasteiger partial charge in [0.2, 0.25) is 5.91 Å². The van der Waals surface area contributed by atoms with Crippen molar-refractivity contribution >= 4 is 5.91 Å². The minimum atomic E-state index is -0.995. The number of unbranched alkanes of at least 4 members (excludes halogenated alkanes) is 1. The van der Waals surface area contributed by atoms with Crippen LogP contribution in [0.3, 0.4) is 0 Å². The van der Waals surface area contributed by atoms with Crippen molar-refractivity contribution < 1.29 is 9.53 Å². The molecule has 32 heavy (non-hydrogen) atoms. The molecule has 0 aliphatic carbocycles. The zero-order chi connectivity index (χ0) is 22.7. The molecule has 1 unspecified atom stereocenters. The zero-order valence-corrected chi connectivity index (χ0v) is 18.7. The molecule has 3 aromatic rings. The number of benzene rings is 1. The summed E-state index contributed by atoms with van der Waals surface area (Å²) in [4.78, 5) is 21.1. The number of amides is 1. The lowest BCUT2D eigenvalue weighted by Gasteiger charge is -2.33. The van der Waals surface area contributed by atoms with Gasteiger partial charge in [-0.3, -0.25) is 20.1 Å². The minimum absolute atomic E-state index is 0.393. The topological polar surface area (TPSA) is 90.1 Å². The molecule has 1 aromatic carbocycles. The molecule has 168 valence electrons. The predicted octanol–water partition coefficient (Wildman–Crippen LogP) is 3.80. The van der Waals surface area contributed by atoms with Crippen LogP contribution in [0.25, 0.3) is 0 Å². The standard InChI is InChI=1S/C26H32N4O2/c1-2-3-19-32-24-8-6-23(7-9-24)26(25(27)31,14-10-22-5-4-15-29-20-22)30-18-13-21-11-16-28-17-12-21/h4-9,11-12,15-17,20,30H,2-3,10,13-14,18-19H2,1H3,(H2,27,31). The van der Waals surface area contributed by atoms with Crippen molar-refractivity contribution in [2.75, 3.05) is 13.2 Å². The monoisotopic (exact) mass is 432 g/mol. The van der Waals surface area contributed by atoms with Crippen molar-refractivity contribution in [2.45, 2.75) is 44.6 Å². The number of nitrogens with one attached hydrogen (secondary N) is 1. The van der Waals surface area contributed by atoms with Crippen LogP contribution < -0.4 is 15.8 Å². The van der Waals surface area contributed by atoms with Gasteiger partial charge in [0.25, 0.3) is 0 Å². The maximum absolute atomic E-state index is 12.9. The number of hydrogen-bond donors (Lipinski definition) is 2. The summed E-state index contributed by atoms with van der Waals surface area (Å²) in [5.41, 5.74) is 8.08. The molecule has 0 aliphatic rings. The SMILES string of the molecule is CCCCOc1ccc(C(CCc2cccnc2)(NCCc2ccncc2)C(N)=O)cc1. The molecule has 3 N–H and O–H groups in total. The van der Waals surface area contributed by atoms with E-state index in [1.807, 2.05) is 54.7 Å². The number of rotatable bonds is 13. The Kier molecular flexibility index (Phi) is 8.75. The van der Waals surface area contributed by atoms with Gasteiger partial charge in [0.1, 0.15) is 11.3 Å². The molecule has 6 heteroatoms. The first-order valence-electron chi connectivity index (χ1n) is 11.2. The molecule has 0 spiro atoms. The number of pyridine rings is 2. The van der Waals surface area contributed by atoms with Gasteiger partial charge in [-0.05, 0) is 72.7 Å². The summed E-state index contributed by atoms with van der Waals surface area (Å²) in [5, 5.41) is 3.48. The normalized spacial score (nSPS) is 12.8. The molecule has 2 heterocycles. The molecule has 1 amide bonds. The molecule has 0 bridgehead atoms. The number of primary amides is 1. The fourth-order valence-electron chi connectivity index (χ4n) is 3.70. The van der Waals surface area contributed by atoms with E-state index in [0.29, 0.717) is 26.0 Å². The number of hydrogen-bond acceptors (Lipinski definition) is 5. The van der Waals surface area contributed by atoms with Crippen molar-refractivity contribution in [2.24, 2.45) is 5.73 Å². The van der Waals surface area contributed by atoms with Crippen LogP contribution >= 0.6 is 0 Å². The van der Waals surface area contributed by atoms with Gasteiger partial charge in [0.15, 0.2) is 0 Å². The molecule has 1 atom stereocenters. The average Bonchev–Trinajstić information content (AvgIpc) is 2.83. The van der Waals surface area contributed by atoms with E-state index >= 15 is 0 Å². The van der Waals surface area contributed by atoms with Gasteiger partial charge in [0, 0.05) is 31.3 Å². The fraction of sp³-hybridized carbons (Fsp3) is 0.346. The Hall–Kier alpha value is -3.25. The molecule has 0 aliphatic heterocycles. The quantitative estimate of drug-likeness (QED) is 0.401. The highest BCUT2D eigenvalue weighted by molar-refractivity contribution is 5.86. The number of aryl methyl sites for hydroxylation is 1. The second-order valence-electron chi connectivity index (χ2n) is 7.89. The van der Waals surface area contributed by atoms with Crippen LogP contribution in [0.1, 0.15) is 42.9 Å². The van der Waals surface area contributed by atoms with E-state index in [1.165, 1.54) is 0 Å². The zero-order valence-electron chi connectivity index (χ0n) is 18.7. The molecular weight excluding hydrogens is 400 g/mol. The highest BCUT2D eigenvalue weighted by atomic mass is 16.5. The smallest absolute Gasteiger partial charge is 0.242 e. The largest absolute Gasteiger partial charge is 0.494 e. The number of nitrogens with two attached hydrogens (primary N) is 1. The first-order valence-corrected chi connectivity index (χ1v) is 11.2. The Labute approximate surface area is 190 Å². The van der Waals surface area contributed by atoms with E-state index in [0.717, 1.165) is 41.7 Å². The second kappa shape index (κ2) is 12.0. The highest BCUT2D eigenvalue weighted by Crippen LogP contribution is 2.29. The van der Waals surface area contributed by atoms with Gasteiger partial charge >= 0.3 is 0 Å². The van der Waals surface area contributed by atoms with Crippen molar-refractivity contribution in [3.8, 4) is 5.75 Å². The summed E-state index contributed by atoms with van der Waals surface area (Å²) in [5.74, 6) is 0.403. The first kappa shape index (κ1) is 23.4. The van der Waals surface area contributed by atoms with Gasteiger partial charge in [-0.15, -0.1) is 0 Å². The Morgan fingerprint density at radius 1 is 1.00 bits per heavy atom. The Morgan fingerprint density at radius 3 is 2.44 bits per heavy atom. The van der Waals surface area contributed by atoms with Gasteiger partial charge in [-0.25, -0.2) is 0 Å². The van der Waals surface area contributed by atoms with Crippen LogP contribution in [0.2, 0.25) is 0 Å². The van der Waals surface area contributed by atoms with Crippen LogP contribution in [0.15, 0.2) is 73.3 Å². The number of nitrogens with zero attached hydrogens (tertiary/aromatic N) is 2. The highest BCUT2D eigenvalue weighted by Gasteiger charge is 2.37. The van der Waals surface area contributed by atoms with Gasteiger partial charge in [0.05, 0.1) is 6.61 Å². The van der Waals surface area contributed by atoms with Crippen molar-refractivity contribution in [3.05, 3.63) is 90.0 Å². The summed E-state index contributed by atoms with van der Waals surface area (Å²) < 4.78 is 5.79. The third-order valence-corrected chi connectivity index (χ3v) is 5.64. The molecule has 0 saturated heterocycles. The van der Waals surface area contributed by atoms with Crippen LogP contribution in [0.4, 0.5) is 0 Å². The predicted molar refractivity (Wildman–Crippen MR) is 126 cm³/mol.